The van der Waals surface area contributed by atoms with E-state index in [1.54, 1.807) is 0 Å². The van der Waals surface area contributed by atoms with Crippen molar-refractivity contribution in [2.75, 3.05) is 5.73 Å². The van der Waals surface area contributed by atoms with Crippen LogP contribution in [-0.4, -0.2) is 13.0 Å². The number of anilines is 1. The molecule has 0 aliphatic rings. The van der Waals surface area contributed by atoms with Crippen LogP contribution in [0.3, 0.4) is 0 Å². The molecule has 5 heteroatoms. The molecule has 1 radical (unpaired) electrons. The first-order valence-corrected chi connectivity index (χ1v) is 4.19. The Morgan fingerprint density at radius 2 is 2.18 bits per heavy atom. The van der Waals surface area contributed by atoms with Gasteiger partial charge in [0.05, 0.1) is 5.69 Å². The van der Waals surface area contributed by atoms with E-state index in [-0.39, 0.29) is 10.6 Å². The largest absolute Gasteiger partial charge is 0.398 e. The van der Waals surface area contributed by atoms with E-state index in [0.29, 0.717) is 0 Å². The van der Waals surface area contributed by atoms with E-state index >= 15 is 0 Å². The smallest absolute Gasteiger partial charge is 0.296 e. The first-order chi connectivity index (χ1) is 5.02. The summed E-state index contributed by atoms with van der Waals surface area (Å²) in [5, 5.41) is 0. The Hall–Kier alpha value is -1.07. The maximum absolute atomic E-state index is 10.5. The lowest BCUT2D eigenvalue weighted by Crippen LogP contribution is -2.02. The lowest BCUT2D eigenvalue weighted by atomic mass is 10.3. The molecule has 0 unspecified atom stereocenters. The van der Waals surface area contributed by atoms with Crippen molar-refractivity contribution < 1.29 is 13.0 Å². The van der Waals surface area contributed by atoms with Crippen molar-refractivity contribution in [2.45, 2.75) is 4.90 Å². The minimum Gasteiger partial charge on any atom is -0.398 e. The van der Waals surface area contributed by atoms with Crippen LogP contribution < -0.4 is 5.73 Å². The fourth-order valence-electron chi connectivity index (χ4n) is 0.651. The molecular formula is C6H6NO3S. The number of rotatable bonds is 1. The highest BCUT2D eigenvalue weighted by Gasteiger charge is 2.11. The molecule has 0 aliphatic carbocycles. The van der Waals surface area contributed by atoms with Gasteiger partial charge in [-0.25, -0.2) is 0 Å². The second-order valence-electron chi connectivity index (χ2n) is 1.94. The van der Waals surface area contributed by atoms with Crippen molar-refractivity contribution >= 4 is 15.8 Å². The second-order valence-corrected chi connectivity index (χ2v) is 3.33. The number of nitrogens with two attached hydrogens (primary N) is 1. The molecular weight excluding hydrogens is 166 g/mol. The monoisotopic (exact) mass is 172 g/mol. The van der Waals surface area contributed by atoms with Crippen molar-refractivity contribution in [3.05, 3.63) is 24.3 Å². The van der Waals surface area contributed by atoms with Crippen molar-refractivity contribution in [1.29, 1.82) is 0 Å². The third-order valence-electron chi connectivity index (χ3n) is 1.14. The van der Waals surface area contributed by atoms with E-state index < -0.39 is 10.1 Å². The Kier molecular flexibility index (Phi) is 1.84. The molecule has 3 N–H and O–H groups in total. The van der Waals surface area contributed by atoms with Crippen LogP contribution >= 0.6 is 0 Å². The van der Waals surface area contributed by atoms with E-state index in [9.17, 15) is 8.42 Å². The van der Waals surface area contributed by atoms with Gasteiger partial charge < -0.3 is 5.73 Å². The van der Waals surface area contributed by atoms with Gasteiger partial charge in [0.1, 0.15) is 4.90 Å². The fourth-order valence-corrected chi connectivity index (χ4v) is 1.23. The SMILES string of the molecule is Nc1cc[c]cc1S(=O)(=O)O. The molecule has 0 saturated carbocycles. The topological polar surface area (TPSA) is 80.4 Å². The number of hydrogen-bond donors (Lipinski definition) is 2. The molecule has 1 aromatic rings. The number of hydrogen-bond acceptors (Lipinski definition) is 3. The summed E-state index contributed by atoms with van der Waals surface area (Å²) < 4.78 is 29.6. The standard InChI is InChI=1S/C6H6NO3S/c7-5-3-1-2-4-6(5)11(8,9)10/h1,3-4H,7H2,(H,8,9,10). The van der Waals surface area contributed by atoms with Crippen molar-refractivity contribution in [2.24, 2.45) is 0 Å². The first kappa shape index (κ1) is 8.03. The van der Waals surface area contributed by atoms with Crippen LogP contribution in [0.1, 0.15) is 0 Å². The van der Waals surface area contributed by atoms with Gasteiger partial charge >= 0.3 is 0 Å². The summed E-state index contributed by atoms with van der Waals surface area (Å²) in [5.41, 5.74) is 5.27. The third-order valence-corrected chi connectivity index (χ3v) is 2.05. The average Bonchev–Trinajstić information content (AvgIpc) is 1.86. The van der Waals surface area contributed by atoms with E-state index in [1.165, 1.54) is 12.1 Å². The summed E-state index contributed by atoms with van der Waals surface area (Å²) in [6.07, 6.45) is 0. The summed E-state index contributed by atoms with van der Waals surface area (Å²) >= 11 is 0. The van der Waals surface area contributed by atoms with Gasteiger partial charge in [0.25, 0.3) is 10.1 Å². The normalized spacial score (nSPS) is 11.4. The maximum atomic E-state index is 10.5. The number of nitrogen functional groups attached to an aromatic ring is 1. The highest BCUT2D eigenvalue weighted by atomic mass is 32.2. The van der Waals surface area contributed by atoms with Gasteiger partial charge in [-0.2, -0.15) is 8.42 Å². The van der Waals surface area contributed by atoms with Crippen LogP contribution in [0.5, 0.6) is 0 Å². The lowest BCUT2D eigenvalue weighted by molar-refractivity contribution is 0.483. The summed E-state index contributed by atoms with van der Waals surface area (Å²) in [5.74, 6) is 0. The summed E-state index contributed by atoms with van der Waals surface area (Å²) in [6.45, 7) is 0. The molecule has 0 spiro atoms. The average molecular weight is 172 g/mol. The quantitative estimate of drug-likeness (QED) is 0.472. The van der Waals surface area contributed by atoms with E-state index in [0.717, 1.165) is 6.07 Å². The van der Waals surface area contributed by atoms with Crippen molar-refractivity contribution in [3.8, 4) is 0 Å². The Morgan fingerprint density at radius 3 is 2.55 bits per heavy atom. The Labute approximate surface area is 64.4 Å². The molecule has 0 atom stereocenters. The van der Waals surface area contributed by atoms with Crippen LogP contribution in [0.2, 0.25) is 0 Å². The zero-order valence-corrected chi connectivity index (χ0v) is 6.30. The van der Waals surface area contributed by atoms with Gasteiger partial charge in [0, 0.05) is 0 Å². The van der Waals surface area contributed by atoms with Gasteiger partial charge in [0.2, 0.25) is 0 Å². The van der Waals surface area contributed by atoms with Crippen molar-refractivity contribution in [1.82, 2.24) is 0 Å². The van der Waals surface area contributed by atoms with Crippen LogP contribution in [0, 0.1) is 6.07 Å². The van der Waals surface area contributed by atoms with Crippen LogP contribution in [0.25, 0.3) is 0 Å². The molecule has 0 saturated heterocycles. The van der Waals surface area contributed by atoms with Crippen LogP contribution in [0.4, 0.5) is 5.69 Å². The van der Waals surface area contributed by atoms with Gasteiger partial charge in [-0.05, 0) is 18.2 Å². The molecule has 59 valence electrons. The van der Waals surface area contributed by atoms with Gasteiger partial charge in [-0.1, -0.05) is 6.07 Å². The minimum absolute atomic E-state index is 0.0197. The predicted molar refractivity (Wildman–Crippen MR) is 39.5 cm³/mol. The van der Waals surface area contributed by atoms with Crippen molar-refractivity contribution in [3.63, 3.8) is 0 Å². The van der Waals surface area contributed by atoms with E-state index in [2.05, 4.69) is 6.07 Å². The lowest BCUT2D eigenvalue weighted by Gasteiger charge is -1.98. The third kappa shape index (κ3) is 1.69. The van der Waals surface area contributed by atoms with Gasteiger partial charge in [-0.3, -0.25) is 4.55 Å². The molecule has 0 aromatic heterocycles. The molecule has 0 fully saturated rings. The highest BCUT2D eigenvalue weighted by molar-refractivity contribution is 7.86. The number of benzene rings is 1. The van der Waals surface area contributed by atoms with Gasteiger partial charge in [0.15, 0.2) is 0 Å². The molecule has 1 rings (SSSR count). The van der Waals surface area contributed by atoms with Gasteiger partial charge in [-0.15, -0.1) is 0 Å². The second kappa shape index (κ2) is 2.52. The molecule has 0 aliphatic heterocycles. The highest BCUT2D eigenvalue weighted by Crippen LogP contribution is 2.15. The zero-order valence-electron chi connectivity index (χ0n) is 5.48. The Balaban J connectivity index is 3.37. The summed E-state index contributed by atoms with van der Waals surface area (Å²) in [6, 6.07) is 6.42. The molecule has 0 heterocycles. The molecule has 0 bridgehead atoms. The molecule has 11 heavy (non-hydrogen) atoms. The first-order valence-electron chi connectivity index (χ1n) is 2.75. The Bertz CT molecular complexity index is 358. The molecule has 4 nitrogen and oxygen atoms in total. The zero-order chi connectivity index (χ0) is 8.48. The summed E-state index contributed by atoms with van der Waals surface area (Å²) in [7, 11) is -4.19. The van der Waals surface area contributed by atoms with Crippen LogP contribution in [0.15, 0.2) is 23.1 Å². The maximum Gasteiger partial charge on any atom is 0.296 e. The van der Waals surface area contributed by atoms with E-state index in [4.69, 9.17) is 10.3 Å². The molecule has 0 amide bonds. The van der Waals surface area contributed by atoms with E-state index in [1.807, 2.05) is 0 Å². The molecule has 1 aromatic carbocycles. The fraction of sp³-hybridized carbons (Fsp3) is 0. The minimum atomic E-state index is -4.19. The predicted octanol–water partition coefficient (Wildman–Crippen LogP) is 0.316. The Morgan fingerprint density at radius 1 is 1.55 bits per heavy atom. The summed E-state index contributed by atoms with van der Waals surface area (Å²) in [4.78, 5) is -0.306. The van der Waals surface area contributed by atoms with Crippen LogP contribution in [-0.2, 0) is 10.1 Å².